The van der Waals surface area contributed by atoms with Crippen molar-refractivity contribution in [2.45, 2.75) is 4.90 Å². The zero-order valence-electron chi connectivity index (χ0n) is 8.25. The van der Waals surface area contributed by atoms with E-state index in [4.69, 9.17) is 0 Å². The Morgan fingerprint density at radius 3 is 2.53 bits per heavy atom. The molecular weight excluding hydrogens is 280 g/mol. The van der Waals surface area contributed by atoms with Crippen LogP contribution in [0.3, 0.4) is 0 Å². The highest BCUT2D eigenvalue weighted by Crippen LogP contribution is 2.67. The van der Waals surface area contributed by atoms with Crippen LogP contribution in [0, 0.1) is 0 Å². The number of rotatable bonds is 0. The predicted molar refractivity (Wildman–Crippen MR) is 70.6 cm³/mol. The fourth-order valence-corrected chi connectivity index (χ4v) is 6.70. The Morgan fingerprint density at radius 1 is 1.18 bits per heavy atom. The van der Waals surface area contributed by atoms with Gasteiger partial charge in [0.2, 0.25) is 0 Å². The monoisotopic (exact) mass is 286 g/mol. The topological polar surface area (TPSA) is 74.6 Å². The zero-order valence-corrected chi connectivity index (χ0v) is 10.7. The average molecular weight is 286 g/mol. The minimum absolute atomic E-state index is 0.485. The second-order valence-electron chi connectivity index (χ2n) is 3.44. The molecule has 3 heterocycles. The smallest absolute Gasteiger partial charge is 0.364 e. The van der Waals surface area contributed by atoms with Crippen LogP contribution in [-0.2, 0) is 0 Å². The molecule has 2 N–H and O–H groups in total. The number of carboxylic acid groups (broad SMARTS) is 2. The van der Waals surface area contributed by atoms with Gasteiger partial charge in [-0.25, -0.2) is 9.59 Å². The Morgan fingerprint density at radius 2 is 1.88 bits per heavy atom. The molecule has 88 valence electrons. The Kier molecular flexibility index (Phi) is 2.13. The highest BCUT2D eigenvalue weighted by molar-refractivity contribution is 8.57. The number of hydrogen-bond acceptors (Lipinski definition) is 4. The largest absolute Gasteiger partial charge is 0.473 e. The summed E-state index contributed by atoms with van der Waals surface area (Å²) in [6, 6.07) is 0. The highest BCUT2D eigenvalue weighted by Gasteiger charge is 2.46. The van der Waals surface area contributed by atoms with Crippen molar-refractivity contribution >= 4 is 59.5 Å². The summed E-state index contributed by atoms with van der Waals surface area (Å²) in [6.07, 6.45) is 1.63. The van der Waals surface area contributed by atoms with Gasteiger partial charge in [-0.1, -0.05) is 0 Å². The maximum Gasteiger partial charge on any atom is 0.364 e. The van der Waals surface area contributed by atoms with Gasteiger partial charge in [0.15, 0.2) is 0 Å². The fourth-order valence-electron chi connectivity index (χ4n) is 1.87. The van der Waals surface area contributed by atoms with Gasteiger partial charge in [-0.2, -0.15) is 11.3 Å². The van der Waals surface area contributed by atoms with Gasteiger partial charge in [-0.15, -0.1) is 11.3 Å². The normalized spacial score (nSPS) is 18.1. The lowest BCUT2D eigenvalue weighted by Crippen LogP contribution is -2.14. The Labute approximate surface area is 105 Å². The van der Waals surface area contributed by atoms with Crippen LogP contribution in [0.25, 0.3) is 16.2 Å². The molecule has 1 aliphatic rings. The fraction of sp³-hybridized carbons (Fsp3) is 0. The Balaban J connectivity index is 2.41. The third kappa shape index (κ3) is 1.18. The van der Waals surface area contributed by atoms with E-state index in [-0.39, 0.29) is 0 Å². The molecule has 0 spiro atoms. The van der Waals surface area contributed by atoms with Crippen LogP contribution in [0.2, 0.25) is 0 Å². The number of hydrogen-bond donors (Lipinski definition) is 2. The second-order valence-corrected chi connectivity index (χ2v) is 7.97. The molecule has 0 aromatic carbocycles. The highest BCUT2D eigenvalue weighted by atomic mass is 32.3. The first-order valence-corrected chi connectivity index (χ1v) is 7.99. The van der Waals surface area contributed by atoms with Crippen LogP contribution in [0.5, 0.6) is 0 Å². The van der Waals surface area contributed by atoms with Crippen molar-refractivity contribution in [2.75, 3.05) is 0 Å². The predicted octanol–water partition coefficient (Wildman–Crippen LogP) is 4.47. The van der Waals surface area contributed by atoms with Crippen LogP contribution in [0.4, 0.5) is 9.59 Å². The molecular formula is C10H6O4S3. The standard InChI is InChI=1S/C10H6O4S3/c11-9(12)17(10(13)14)2-1-6-8(17)5-3-15-4-7(5)16-6/h1-4H,(H,11,12)(H,13,14). The van der Waals surface area contributed by atoms with E-state index in [1.807, 2.05) is 10.8 Å². The number of fused-ring (bicyclic) bond motifs is 3. The van der Waals surface area contributed by atoms with Gasteiger partial charge in [0.05, 0.1) is 0 Å². The van der Waals surface area contributed by atoms with Crippen molar-refractivity contribution in [3.05, 3.63) is 21.0 Å². The van der Waals surface area contributed by atoms with Crippen molar-refractivity contribution in [2.24, 2.45) is 0 Å². The summed E-state index contributed by atoms with van der Waals surface area (Å²) < 4.78 is 0.962. The molecule has 0 atom stereocenters. The molecule has 4 nitrogen and oxygen atoms in total. The van der Waals surface area contributed by atoms with Gasteiger partial charge in [-0.05, 0) is 11.5 Å². The molecule has 0 saturated heterocycles. The number of carbonyl (C=O) groups is 2. The molecule has 7 heteroatoms. The lowest BCUT2D eigenvalue weighted by Gasteiger charge is -2.23. The van der Waals surface area contributed by atoms with Gasteiger partial charge < -0.3 is 10.2 Å². The van der Waals surface area contributed by atoms with E-state index in [0.29, 0.717) is 4.90 Å². The summed E-state index contributed by atoms with van der Waals surface area (Å²) >= 11 is 2.91. The van der Waals surface area contributed by atoms with Gasteiger partial charge in [0.1, 0.15) is 0 Å². The van der Waals surface area contributed by atoms with E-state index >= 15 is 0 Å². The lowest BCUT2D eigenvalue weighted by atomic mass is 10.4. The van der Waals surface area contributed by atoms with Crippen LogP contribution in [-0.4, -0.2) is 20.8 Å². The summed E-state index contributed by atoms with van der Waals surface area (Å²) in [4.78, 5) is 24.1. The molecule has 0 fully saturated rings. The zero-order chi connectivity index (χ0) is 12.2. The van der Waals surface area contributed by atoms with E-state index in [9.17, 15) is 19.8 Å². The van der Waals surface area contributed by atoms with Gasteiger partial charge in [0, 0.05) is 40.6 Å². The summed E-state index contributed by atoms with van der Waals surface area (Å²) in [6.45, 7) is 0. The first-order valence-electron chi connectivity index (χ1n) is 4.53. The molecule has 0 unspecified atom stereocenters. The Bertz CT molecular complexity index is 665. The SMILES string of the molecule is O=C(O)S1(C(=O)O)C=Cc2sc3cscc3c21. The molecule has 0 saturated carbocycles. The molecule has 2 aromatic rings. The van der Waals surface area contributed by atoms with E-state index in [1.54, 1.807) is 6.08 Å². The van der Waals surface area contributed by atoms with Crippen molar-refractivity contribution in [3.8, 4) is 0 Å². The molecule has 0 amide bonds. The quantitative estimate of drug-likeness (QED) is 0.749. The maximum absolute atomic E-state index is 11.4. The third-order valence-electron chi connectivity index (χ3n) is 2.61. The van der Waals surface area contributed by atoms with E-state index in [1.165, 1.54) is 28.1 Å². The first-order chi connectivity index (χ1) is 8.07. The van der Waals surface area contributed by atoms with E-state index in [0.717, 1.165) is 15.0 Å². The van der Waals surface area contributed by atoms with E-state index < -0.39 is 20.6 Å². The average Bonchev–Trinajstić information content (AvgIpc) is 2.84. The van der Waals surface area contributed by atoms with Crippen molar-refractivity contribution in [1.82, 2.24) is 0 Å². The van der Waals surface area contributed by atoms with Gasteiger partial charge >= 0.3 is 10.6 Å². The van der Waals surface area contributed by atoms with Gasteiger partial charge in [0.25, 0.3) is 0 Å². The molecule has 1 aliphatic heterocycles. The third-order valence-corrected chi connectivity index (χ3v) is 7.48. The Hall–Kier alpha value is -1.31. The maximum atomic E-state index is 11.4. The lowest BCUT2D eigenvalue weighted by molar-refractivity contribution is 0.215. The second kappa shape index (κ2) is 3.34. The molecule has 17 heavy (non-hydrogen) atoms. The first kappa shape index (κ1) is 10.8. The van der Waals surface area contributed by atoms with Gasteiger partial charge in [-0.3, -0.25) is 0 Å². The summed E-state index contributed by atoms with van der Waals surface area (Å²) in [5.41, 5.74) is 0. The number of thiophene rings is 2. The van der Waals surface area contributed by atoms with Crippen LogP contribution >= 0.6 is 32.7 Å². The van der Waals surface area contributed by atoms with Crippen LogP contribution in [0.15, 0.2) is 21.1 Å². The van der Waals surface area contributed by atoms with E-state index in [2.05, 4.69) is 0 Å². The molecule has 0 bridgehead atoms. The van der Waals surface area contributed by atoms with Crippen LogP contribution < -0.4 is 0 Å². The molecule has 0 radical (unpaired) electrons. The minimum atomic E-state index is -2.94. The summed E-state index contributed by atoms with van der Waals surface area (Å²) in [5.74, 6) is 0. The summed E-state index contributed by atoms with van der Waals surface area (Å²) in [5, 5.41) is 22.0. The summed E-state index contributed by atoms with van der Waals surface area (Å²) in [7, 11) is -2.94. The van der Waals surface area contributed by atoms with Crippen molar-refractivity contribution < 1.29 is 19.8 Å². The van der Waals surface area contributed by atoms with Crippen molar-refractivity contribution in [3.63, 3.8) is 0 Å². The molecule has 2 aromatic heterocycles. The molecule has 0 aliphatic carbocycles. The van der Waals surface area contributed by atoms with Crippen LogP contribution in [0.1, 0.15) is 4.88 Å². The molecule has 3 rings (SSSR count). The van der Waals surface area contributed by atoms with Crippen molar-refractivity contribution in [1.29, 1.82) is 0 Å². The minimum Gasteiger partial charge on any atom is -0.473 e.